The number of methoxy groups -OCH3 is 1. The van der Waals surface area contributed by atoms with E-state index in [1.54, 1.807) is 7.11 Å². The lowest BCUT2D eigenvalue weighted by atomic mass is 9.85. The fourth-order valence-corrected chi connectivity index (χ4v) is 2.03. The molecule has 0 aliphatic heterocycles. The number of ether oxygens (including phenoxy) is 1. The van der Waals surface area contributed by atoms with Crippen molar-refractivity contribution in [1.82, 2.24) is 4.98 Å². The zero-order valence-electron chi connectivity index (χ0n) is 12.3. The van der Waals surface area contributed by atoms with Gasteiger partial charge in [-0.15, -0.1) is 0 Å². The molecule has 0 saturated heterocycles. The van der Waals surface area contributed by atoms with Crippen LogP contribution in [0.15, 0.2) is 36.5 Å². The molecule has 1 heterocycles. The van der Waals surface area contributed by atoms with Crippen molar-refractivity contribution in [3.63, 3.8) is 0 Å². The van der Waals surface area contributed by atoms with Crippen molar-refractivity contribution >= 4 is 0 Å². The molecule has 2 rings (SSSR count). The molecule has 2 nitrogen and oxygen atoms in total. The first-order valence-electron chi connectivity index (χ1n) is 6.53. The Morgan fingerprint density at radius 3 is 2.32 bits per heavy atom. The summed E-state index contributed by atoms with van der Waals surface area (Å²) >= 11 is 0. The molecule has 0 N–H and O–H groups in total. The molecule has 1 aromatic carbocycles. The number of aryl methyl sites for hydroxylation is 1. The normalized spacial score (nSPS) is 11.4. The van der Waals surface area contributed by atoms with Crippen LogP contribution in [-0.2, 0) is 5.41 Å². The fourth-order valence-electron chi connectivity index (χ4n) is 2.03. The van der Waals surface area contributed by atoms with Crippen LogP contribution in [0.5, 0.6) is 5.75 Å². The summed E-state index contributed by atoms with van der Waals surface area (Å²) in [7, 11) is 1.71. The van der Waals surface area contributed by atoms with E-state index in [9.17, 15) is 0 Å². The van der Waals surface area contributed by atoms with E-state index in [0.29, 0.717) is 0 Å². The monoisotopic (exact) mass is 255 g/mol. The minimum absolute atomic E-state index is 0.124. The largest absolute Gasteiger partial charge is 0.496 e. The second-order valence-electron chi connectivity index (χ2n) is 5.85. The highest BCUT2D eigenvalue weighted by Gasteiger charge is 2.16. The fraction of sp³-hybridized carbons (Fsp3) is 0.353. The molecule has 2 heteroatoms. The highest BCUT2D eigenvalue weighted by atomic mass is 16.5. The molecule has 0 bridgehead atoms. The Balaban J connectivity index is 2.56. The highest BCUT2D eigenvalue weighted by Crippen LogP contribution is 2.34. The summed E-state index contributed by atoms with van der Waals surface area (Å²) in [5, 5.41) is 0. The number of hydrogen-bond donors (Lipinski definition) is 0. The first-order valence-corrected chi connectivity index (χ1v) is 6.53. The maximum Gasteiger partial charge on any atom is 0.126 e. The summed E-state index contributed by atoms with van der Waals surface area (Å²) in [6.45, 7) is 8.64. The molecule has 1 aromatic heterocycles. The molecule has 0 saturated carbocycles. The lowest BCUT2D eigenvalue weighted by Gasteiger charge is -2.21. The van der Waals surface area contributed by atoms with E-state index in [1.165, 1.54) is 5.56 Å². The predicted molar refractivity (Wildman–Crippen MR) is 79.7 cm³/mol. The summed E-state index contributed by atoms with van der Waals surface area (Å²) in [5.74, 6) is 0.888. The van der Waals surface area contributed by atoms with E-state index in [4.69, 9.17) is 4.74 Å². The van der Waals surface area contributed by atoms with E-state index >= 15 is 0 Å². The van der Waals surface area contributed by atoms with Crippen LogP contribution in [0.2, 0.25) is 0 Å². The number of pyridine rings is 1. The highest BCUT2D eigenvalue weighted by molar-refractivity contribution is 5.71. The number of aromatic nitrogens is 1. The summed E-state index contributed by atoms with van der Waals surface area (Å²) in [6, 6.07) is 10.5. The van der Waals surface area contributed by atoms with E-state index in [0.717, 1.165) is 22.6 Å². The van der Waals surface area contributed by atoms with Gasteiger partial charge in [-0.2, -0.15) is 0 Å². The Kier molecular flexibility index (Phi) is 3.61. The molecule has 0 unspecified atom stereocenters. The van der Waals surface area contributed by atoms with E-state index < -0.39 is 0 Å². The van der Waals surface area contributed by atoms with Crippen LogP contribution in [0.3, 0.4) is 0 Å². The lowest BCUT2D eigenvalue weighted by Crippen LogP contribution is -2.11. The van der Waals surface area contributed by atoms with Gasteiger partial charge in [0.2, 0.25) is 0 Å². The summed E-state index contributed by atoms with van der Waals surface area (Å²) in [4.78, 5) is 4.37. The van der Waals surface area contributed by atoms with Crippen LogP contribution in [0.25, 0.3) is 11.1 Å². The van der Waals surface area contributed by atoms with Crippen LogP contribution < -0.4 is 4.74 Å². The van der Waals surface area contributed by atoms with Gasteiger partial charge in [-0.1, -0.05) is 32.9 Å². The van der Waals surface area contributed by atoms with Crippen molar-refractivity contribution in [2.75, 3.05) is 7.11 Å². The molecule has 0 aliphatic carbocycles. The molecular formula is C17H21NO. The van der Waals surface area contributed by atoms with Gasteiger partial charge in [-0.25, -0.2) is 0 Å². The SMILES string of the molecule is COc1ccc(C(C)(C)C)cc1-c1ccc(C)nc1. The Morgan fingerprint density at radius 2 is 1.79 bits per heavy atom. The van der Waals surface area contributed by atoms with Gasteiger partial charge in [0.25, 0.3) is 0 Å². The third-order valence-corrected chi connectivity index (χ3v) is 3.29. The standard InChI is InChI=1S/C17H21NO/c1-12-6-7-13(11-18-12)15-10-14(17(2,3)4)8-9-16(15)19-5/h6-11H,1-5H3. The second-order valence-corrected chi connectivity index (χ2v) is 5.85. The van der Waals surface area contributed by atoms with Crippen molar-refractivity contribution < 1.29 is 4.74 Å². The molecule has 0 spiro atoms. The van der Waals surface area contributed by atoms with Crippen LogP contribution in [-0.4, -0.2) is 12.1 Å². The van der Waals surface area contributed by atoms with Crippen molar-refractivity contribution in [3.05, 3.63) is 47.8 Å². The predicted octanol–water partition coefficient (Wildman–Crippen LogP) is 4.36. The molecule has 0 amide bonds. The minimum Gasteiger partial charge on any atom is -0.496 e. The number of rotatable bonds is 2. The maximum atomic E-state index is 5.47. The maximum absolute atomic E-state index is 5.47. The van der Waals surface area contributed by atoms with Crippen molar-refractivity contribution in [2.24, 2.45) is 0 Å². The first-order chi connectivity index (χ1) is 8.91. The van der Waals surface area contributed by atoms with Gasteiger partial charge in [-0.3, -0.25) is 4.98 Å². The summed E-state index contributed by atoms with van der Waals surface area (Å²) in [5.41, 5.74) is 4.63. The molecule has 0 aliphatic rings. The Bertz CT molecular complexity index is 565. The summed E-state index contributed by atoms with van der Waals surface area (Å²) < 4.78 is 5.47. The van der Waals surface area contributed by atoms with Crippen LogP contribution >= 0.6 is 0 Å². The minimum atomic E-state index is 0.124. The van der Waals surface area contributed by atoms with Crippen molar-refractivity contribution in [3.8, 4) is 16.9 Å². The van der Waals surface area contributed by atoms with Crippen LogP contribution in [0.1, 0.15) is 32.0 Å². The topological polar surface area (TPSA) is 22.1 Å². The average molecular weight is 255 g/mol. The number of benzene rings is 1. The Morgan fingerprint density at radius 1 is 1.05 bits per heavy atom. The second kappa shape index (κ2) is 5.04. The van der Waals surface area contributed by atoms with Gasteiger partial charge in [0.05, 0.1) is 7.11 Å². The van der Waals surface area contributed by atoms with Crippen LogP contribution in [0, 0.1) is 6.92 Å². The molecule has 2 aromatic rings. The molecule has 100 valence electrons. The van der Waals surface area contributed by atoms with Gasteiger partial charge in [-0.05, 0) is 36.1 Å². The van der Waals surface area contributed by atoms with E-state index in [1.807, 2.05) is 25.3 Å². The number of hydrogen-bond acceptors (Lipinski definition) is 2. The van der Waals surface area contributed by atoms with Gasteiger partial charge in [0.1, 0.15) is 5.75 Å². The third kappa shape index (κ3) is 2.95. The summed E-state index contributed by atoms with van der Waals surface area (Å²) in [6.07, 6.45) is 1.90. The van der Waals surface area contributed by atoms with Gasteiger partial charge in [0.15, 0.2) is 0 Å². The smallest absolute Gasteiger partial charge is 0.126 e. The van der Waals surface area contributed by atoms with Gasteiger partial charge < -0.3 is 4.74 Å². The van der Waals surface area contributed by atoms with Crippen molar-refractivity contribution in [1.29, 1.82) is 0 Å². The molecule has 0 atom stereocenters. The van der Waals surface area contributed by atoms with Crippen molar-refractivity contribution in [2.45, 2.75) is 33.1 Å². The first kappa shape index (κ1) is 13.6. The molecule has 0 radical (unpaired) electrons. The third-order valence-electron chi connectivity index (χ3n) is 3.29. The Hall–Kier alpha value is -1.83. The molecule has 0 fully saturated rings. The molecular weight excluding hydrogens is 234 g/mol. The zero-order chi connectivity index (χ0) is 14.0. The molecule has 19 heavy (non-hydrogen) atoms. The average Bonchev–Trinajstić information content (AvgIpc) is 2.38. The van der Waals surface area contributed by atoms with Gasteiger partial charge >= 0.3 is 0 Å². The van der Waals surface area contributed by atoms with Crippen LogP contribution in [0.4, 0.5) is 0 Å². The van der Waals surface area contributed by atoms with E-state index in [2.05, 4.69) is 44.0 Å². The number of nitrogens with zero attached hydrogens (tertiary/aromatic N) is 1. The zero-order valence-corrected chi connectivity index (χ0v) is 12.3. The quantitative estimate of drug-likeness (QED) is 0.795. The van der Waals surface area contributed by atoms with Gasteiger partial charge in [0, 0.05) is 23.0 Å². The Labute approximate surface area is 115 Å². The van der Waals surface area contributed by atoms with E-state index in [-0.39, 0.29) is 5.41 Å². The lowest BCUT2D eigenvalue weighted by molar-refractivity contribution is 0.416.